The smallest absolute Gasteiger partial charge is 0.408 e. The van der Waals surface area contributed by atoms with Crippen molar-refractivity contribution in [2.45, 2.75) is 71.8 Å². The average molecular weight is 346 g/mol. The molecule has 140 valence electrons. The molecule has 4 atom stereocenters. The minimum absolute atomic E-state index is 0.204. The maximum atomic E-state index is 12.5. The highest BCUT2D eigenvalue weighted by atomic mass is 16.6. The second-order valence-corrected chi connectivity index (χ2v) is 6.76. The van der Waals surface area contributed by atoms with Crippen molar-refractivity contribution >= 4 is 18.0 Å². The molecular weight excluding hydrogens is 316 g/mol. The van der Waals surface area contributed by atoms with Gasteiger partial charge < -0.3 is 25.2 Å². The van der Waals surface area contributed by atoms with E-state index in [4.69, 9.17) is 4.74 Å². The first-order valence-corrected chi connectivity index (χ1v) is 7.98. The van der Waals surface area contributed by atoms with Crippen LogP contribution in [0.5, 0.6) is 0 Å². The molecule has 3 N–H and O–H groups in total. The summed E-state index contributed by atoms with van der Waals surface area (Å²) in [6.45, 7) is 10.2. The van der Waals surface area contributed by atoms with Crippen LogP contribution in [0.25, 0.3) is 0 Å². The van der Waals surface area contributed by atoms with Gasteiger partial charge in [-0.25, -0.2) is 9.59 Å². The van der Waals surface area contributed by atoms with Gasteiger partial charge in [0.2, 0.25) is 5.91 Å². The average Bonchev–Trinajstić information content (AvgIpc) is 2.46. The van der Waals surface area contributed by atoms with E-state index in [1.165, 1.54) is 6.92 Å². The molecule has 0 unspecified atom stereocenters. The van der Waals surface area contributed by atoms with E-state index >= 15 is 0 Å². The minimum atomic E-state index is -1.21. The lowest BCUT2D eigenvalue weighted by atomic mass is 9.98. The fourth-order valence-corrected chi connectivity index (χ4v) is 1.88. The lowest BCUT2D eigenvalue weighted by molar-refractivity contribution is -0.148. The zero-order valence-corrected chi connectivity index (χ0v) is 15.5. The van der Waals surface area contributed by atoms with Gasteiger partial charge in [-0.3, -0.25) is 4.79 Å². The normalized spacial score (nSPS) is 16.3. The first-order valence-electron chi connectivity index (χ1n) is 7.98. The highest BCUT2D eigenvalue weighted by molar-refractivity contribution is 5.90. The molecule has 0 bridgehead atoms. The zero-order valence-electron chi connectivity index (χ0n) is 15.5. The van der Waals surface area contributed by atoms with Crippen molar-refractivity contribution in [3.05, 3.63) is 0 Å². The topological polar surface area (TPSA) is 114 Å². The molecule has 0 aliphatic rings. The number of aliphatic hydroxyl groups is 1. The Kier molecular flexibility index (Phi) is 8.74. The van der Waals surface area contributed by atoms with E-state index in [0.717, 1.165) is 7.11 Å². The Morgan fingerprint density at radius 1 is 1.08 bits per heavy atom. The first kappa shape index (κ1) is 22.2. The maximum absolute atomic E-state index is 12.5. The highest BCUT2D eigenvalue weighted by Crippen LogP contribution is 2.12. The van der Waals surface area contributed by atoms with Crippen LogP contribution in [0.2, 0.25) is 0 Å². The molecule has 0 aliphatic carbocycles. The van der Waals surface area contributed by atoms with Crippen molar-refractivity contribution in [3.8, 4) is 0 Å². The summed E-state index contributed by atoms with van der Waals surface area (Å²) in [6.07, 6.45) is -1.25. The second-order valence-electron chi connectivity index (χ2n) is 6.76. The first-order chi connectivity index (χ1) is 10.9. The van der Waals surface area contributed by atoms with Crippen LogP contribution in [0.4, 0.5) is 4.79 Å². The van der Waals surface area contributed by atoms with Gasteiger partial charge in [0.05, 0.1) is 13.2 Å². The van der Waals surface area contributed by atoms with E-state index in [1.54, 1.807) is 27.7 Å². The van der Waals surface area contributed by atoms with Gasteiger partial charge >= 0.3 is 12.1 Å². The molecule has 24 heavy (non-hydrogen) atoms. The van der Waals surface area contributed by atoms with Gasteiger partial charge in [-0.15, -0.1) is 0 Å². The number of nitrogens with one attached hydrogen (secondary N) is 2. The van der Waals surface area contributed by atoms with E-state index in [9.17, 15) is 19.5 Å². The standard InChI is InChI=1S/C16H30N2O6/c1-8-9(2)11(18-15(22)24-16(4,5)6)13(20)17-12(10(3)19)14(21)23-7/h9-12,19H,8H2,1-7H3,(H,17,20)(H,18,22)/t9-,10-,11-,12-/m0/s1. The van der Waals surface area contributed by atoms with Gasteiger partial charge in [-0.1, -0.05) is 20.3 Å². The highest BCUT2D eigenvalue weighted by Gasteiger charge is 2.33. The van der Waals surface area contributed by atoms with Crippen molar-refractivity contribution in [1.29, 1.82) is 0 Å². The van der Waals surface area contributed by atoms with Crippen molar-refractivity contribution in [3.63, 3.8) is 0 Å². The summed E-state index contributed by atoms with van der Waals surface area (Å²) in [6, 6.07) is -2.12. The van der Waals surface area contributed by atoms with Gasteiger partial charge in [-0.2, -0.15) is 0 Å². The Morgan fingerprint density at radius 2 is 1.62 bits per heavy atom. The summed E-state index contributed by atoms with van der Waals surface area (Å²) >= 11 is 0. The summed E-state index contributed by atoms with van der Waals surface area (Å²) in [5.74, 6) is -1.56. The Labute approximate surface area is 143 Å². The third-order valence-corrected chi connectivity index (χ3v) is 3.40. The molecule has 8 nitrogen and oxygen atoms in total. The third-order valence-electron chi connectivity index (χ3n) is 3.40. The Hall–Kier alpha value is -1.83. The number of hydrogen-bond acceptors (Lipinski definition) is 6. The van der Waals surface area contributed by atoms with Crippen LogP contribution in [-0.2, 0) is 19.1 Å². The van der Waals surface area contributed by atoms with E-state index in [1.807, 2.05) is 6.92 Å². The van der Waals surface area contributed by atoms with Crippen molar-refractivity contribution in [2.24, 2.45) is 5.92 Å². The minimum Gasteiger partial charge on any atom is -0.467 e. The van der Waals surface area contributed by atoms with Crippen molar-refractivity contribution in [2.75, 3.05) is 7.11 Å². The largest absolute Gasteiger partial charge is 0.467 e. The fourth-order valence-electron chi connectivity index (χ4n) is 1.88. The molecule has 2 amide bonds. The quantitative estimate of drug-likeness (QED) is 0.592. The number of esters is 1. The maximum Gasteiger partial charge on any atom is 0.408 e. The van der Waals surface area contributed by atoms with Crippen LogP contribution in [-0.4, -0.2) is 54.0 Å². The fraction of sp³-hybridized carbons (Fsp3) is 0.812. The third kappa shape index (κ3) is 7.63. The predicted octanol–water partition coefficient (Wildman–Crippen LogP) is 0.964. The van der Waals surface area contributed by atoms with Gasteiger partial charge in [-0.05, 0) is 33.6 Å². The van der Waals surface area contributed by atoms with Crippen LogP contribution in [0.15, 0.2) is 0 Å². The predicted molar refractivity (Wildman–Crippen MR) is 88.2 cm³/mol. The molecular formula is C16H30N2O6. The number of rotatable bonds is 7. The molecule has 0 heterocycles. The lowest BCUT2D eigenvalue weighted by Crippen LogP contribution is -2.57. The van der Waals surface area contributed by atoms with Crippen LogP contribution in [0.3, 0.4) is 0 Å². The SMILES string of the molecule is CC[C@H](C)[C@H](NC(=O)OC(C)(C)C)C(=O)N[C@H](C(=O)OC)[C@H](C)O. The number of carbonyl (C=O) groups excluding carboxylic acids is 3. The summed E-state index contributed by atoms with van der Waals surface area (Å²) < 4.78 is 9.73. The molecule has 0 aromatic carbocycles. The summed E-state index contributed by atoms with van der Waals surface area (Å²) in [4.78, 5) is 36.1. The van der Waals surface area contributed by atoms with E-state index < -0.39 is 41.8 Å². The Balaban J connectivity index is 5.13. The number of aliphatic hydroxyl groups excluding tert-OH is 1. The molecule has 0 rings (SSSR count). The Morgan fingerprint density at radius 3 is 2.00 bits per heavy atom. The zero-order chi connectivity index (χ0) is 19.1. The molecule has 0 saturated heterocycles. The van der Waals surface area contributed by atoms with E-state index in [2.05, 4.69) is 15.4 Å². The lowest BCUT2D eigenvalue weighted by Gasteiger charge is -2.28. The van der Waals surface area contributed by atoms with Gasteiger partial charge in [0.1, 0.15) is 11.6 Å². The van der Waals surface area contributed by atoms with Crippen LogP contribution in [0, 0.1) is 5.92 Å². The van der Waals surface area contributed by atoms with E-state index in [0.29, 0.717) is 6.42 Å². The van der Waals surface area contributed by atoms with Crippen LogP contribution in [0.1, 0.15) is 48.0 Å². The number of carbonyl (C=O) groups is 3. The molecule has 0 radical (unpaired) electrons. The summed E-state index contributed by atoms with van der Waals surface area (Å²) in [5, 5.41) is 14.6. The van der Waals surface area contributed by atoms with Crippen LogP contribution >= 0.6 is 0 Å². The summed E-state index contributed by atoms with van der Waals surface area (Å²) in [7, 11) is 1.16. The summed E-state index contributed by atoms with van der Waals surface area (Å²) in [5.41, 5.74) is -0.700. The molecule has 0 aromatic heterocycles. The van der Waals surface area contributed by atoms with Crippen molar-refractivity contribution in [1.82, 2.24) is 10.6 Å². The van der Waals surface area contributed by atoms with Gasteiger partial charge in [0.25, 0.3) is 0 Å². The molecule has 0 aromatic rings. The number of methoxy groups -OCH3 is 1. The van der Waals surface area contributed by atoms with Crippen LogP contribution < -0.4 is 10.6 Å². The monoisotopic (exact) mass is 346 g/mol. The number of amides is 2. The molecule has 0 spiro atoms. The molecule has 8 heteroatoms. The molecule has 0 saturated carbocycles. The van der Waals surface area contributed by atoms with Gasteiger partial charge in [0.15, 0.2) is 6.04 Å². The number of ether oxygens (including phenoxy) is 2. The molecule has 0 aliphatic heterocycles. The van der Waals surface area contributed by atoms with E-state index in [-0.39, 0.29) is 5.92 Å². The second kappa shape index (κ2) is 9.46. The molecule has 0 fully saturated rings. The van der Waals surface area contributed by atoms with Gasteiger partial charge in [0, 0.05) is 0 Å². The number of alkyl carbamates (subject to hydrolysis) is 1. The van der Waals surface area contributed by atoms with Crippen molar-refractivity contribution < 1.29 is 29.0 Å². The number of hydrogen-bond donors (Lipinski definition) is 3. The Bertz CT molecular complexity index is 444.